The summed E-state index contributed by atoms with van der Waals surface area (Å²) in [6, 6.07) is 11.3. The molecule has 0 heterocycles. The third-order valence-electron chi connectivity index (χ3n) is 4.79. The third-order valence-corrected chi connectivity index (χ3v) is 5.14. The molecule has 2 N–H and O–H groups in total. The van der Waals surface area contributed by atoms with E-state index in [1.807, 2.05) is 0 Å². The molecule has 4 nitrogen and oxygen atoms in total. The number of carbonyl (C=O) groups excluding carboxylic acids is 2. The van der Waals surface area contributed by atoms with Crippen LogP contribution < -0.4 is 10.6 Å². The fraction of sp³-hybridized carbons (Fsp3) is 0.333. The SMILES string of the molecule is O=C(Cc1c(F)cccc1Cl)Nc1ccccc1C(=O)NC1CCCCC1. The number of amides is 2. The van der Waals surface area contributed by atoms with E-state index >= 15 is 0 Å². The average molecular weight is 389 g/mol. The largest absolute Gasteiger partial charge is 0.349 e. The van der Waals surface area contributed by atoms with Gasteiger partial charge in [-0.25, -0.2) is 4.39 Å². The highest BCUT2D eigenvalue weighted by Gasteiger charge is 2.19. The van der Waals surface area contributed by atoms with Crippen molar-refractivity contribution < 1.29 is 14.0 Å². The van der Waals surface area contributed by atoms with Crippen molar-refractivity contribution in [3.05, 3.63) is 64.4 Å². The summed E-state index contributed by atoms with van der Waals surface area (Å²) in [5, 5.41) is 5.95. The van der Waals surface area contributed by atoms with Gasteiger partial charge in [0, 0.05) is 16.6 Å². The summed E-state index contributed by atoms with van der Waals surface area (Å²) in [4.78, 5) is 25.0. The molecule has 0 saturated heterocycles. The molecular formula is C21H22ClFN2O2. The Balaban J connectivity index is 1.70. The van der Waals surface area contributed by atoms with Crippen LogP contribution in [-0.4, -0.2) is 17.9 Å². The summed E-state index contributed by atoms with van der Waals surface area (Å²) in [5.74, 6) is -1.16. The molecule has 2 aromatic carbocycles. The minimum Gasteiger partial charge on any atom is -0.349 e. The fourth-order valence-electron chi connectivity index (χ4n) is 3.36. The van der Waals surface area contributed by atoms with Crippen LogP contribution in [0.25, 0.3) is 0 Å². The monoisotopic (exact) mass is 388 g/mol. The van der Waals surface area contributed by atoms with Crippen LogP contribution in [0.1, 0.15) is 48.0 Å². The topological polar surface area (TPSA) is 58.2 Å². The molecule has 1 saturated carbocycles. The predicted octanol–water partition coefficient (Wildman–Crippen LogP) is 4.72. The third kappa shape index (κ3) is 5.07. The zero-order chi connectivity index (χ0) is 19.2. The maximum absolute atomic E-state index is 13.9. The number of rotatable bonds is 5. The number of anilines is 1. The van der Waals surface area contributed by atoms with Crippen molar-refractivity contribution in [3.63, 3.8) is 0 Å². The molecule has 2 aromatic rings. The van der Waals surface area contributed by atoms with Crippen molar-refractivity contribution in [1.29, 1.82) is 0 Å². The lowest BCUT2D eigenvalue weighted by Gasteiger charge is -2.23. The molecule has 0 spiro atoms. The van der Waals surface area contributed by atoms with E-state index in [-0.39, 0.29) is 29.0 Å². The van der Waals surface area contributed by atoms with Gasteiger partial charge in [-0.1, -0.05) is 49.1 Å². The molecule has 0 unspecified atom stereocenters. The van der Waals surface area contributed by atoms with Crippen molar-refractivity contribution in [2.24, 2.45) is 0 Å². The van der Waals surface area contributed by atoms with E-state index < -0.39 is 11.7 Å². The zero-order valence-corrected chi connectivity index (χ0v) is 15.7. The highest BCUT2D eigenvalue weighted by Crippen LogP contribution is 2.22. The lowest BCUT2D eigenvalue weighted by molar-refractivity contribution is -0.115. The van der Waals surface area contributed by atoms with Crippen molar-refractivity contribution in [1.82, 2.24) is 5.32 Å². The molecule has 1 aliphatic rings. The Kier molecular flexibility index (Phi) is 6.45. The van der Waals surface area contributed by atoms with Crippen LogP contribution in [0.5, 0.6) is 0 Å². The molecule has 1 aliphatic carbocycles. The molecule has 3 rings (SSSR count). The van der Waals surface area contributed by atoms with Crippen molar-refractivity contribution in [2.45, 2.75) is 44.6 Å². The quantitative estimate of drug-likeness (QED) is 0.778. The molecule has 6 heteroatoms. The van der Waals surface area contributed by atoms with Gasteiger partial charge in [0.1, 0.15) is 5.82 Å². The van der Waals surface area contributed by atoms with E-state index in [0.717, 1.165) is 25.7 Å². The predicted molar refractivity (Wildman–Crippen MR) is 105 cm³/mol. The van der Waals surface area contributed by atoms with Gasteiger partial charge in [-0.15, -0.1) is 0 Å². The Morgan fingerprint density at radius 1 is 1.04 bits per heavy atom. The Hall–Kier alpha value is -2.40. The Labute approximate surface area is 163 Å². The Morgan fingerprint density at radius 2 is 1.78 bits per heavy atom. The van der Waals surface area contributed by atoms with E-state index in [4.69, 9.17) is 11.6 Å². The van der Waals surface area contributed by atoms with E-state index in [9.17, 15) is 14.0 Å². The second kappa shape index (κ2) is 9.00. The highest BCUT2D eigenvalue weighted by molar-refractivity contribution is 6.31. The van der Waals surface area contributed by atoms with Crippen LogP contribution in [-0.2, 0) is 11.2 Å². The first-order chi connectivity index (χ1) is 13.0. The lowest BCUT2D eigenvalue weighted by Crippen LogP contribution is -2.36. The van der Waals surface area contributed by atoms with Crippen LogP contribution in [0, 0.1) is 5.82 Å². The molecule has 0 radical (unpaired) electrons. The van der Waals surface area contributed by atoms with Gasteiger partial charge in [0.05, 0.1) is 17.7 Å². The van der Waals surface area contributed by atoms with Gasteiger partial charge < -0.3 is 10.6 Å². The van der Waals surface area contributed by atoms with Crippen molar-refractivity contribution >= 4 is 29.1 Å². The first-order valence-corrected chi connectivity index (χ1v) is 9.55. The molecule has 0 atom stereocenters. The number of hydrogen-bond acceptors (Lipinski definition) is 2. The van der Waals surface area contributed by atoms with Gasteiger partial charge in [-0.2, -0.15) is 0 Å². The Morgan fingerprint density at radius 3 is 2.52 bits per heavy atom. The van der Waals surface area contributed by atoms with Crippen LogP contribution in [0.3, 0.4) is 0 Å². The van der Waals surface area contributed by atoms with Crippen LogP contribution in [0.4, 0.5) is 10.1 Å². The van der Waals surface area contributed by atoms with E-state index in [2.05, 4.69) is 10.6 Å². The molecule has 2 amide bonds. The summed E-state index contributed by atoms with van der Waals surface area (Å²) in [5.41, 5.74) is 0.945. The second-order valence-corrected chi connectivity index (χ2v) is 7.19. The summed E-state index contributed by atoms with van der Waals surface area (Å²) >= 11 is 5.98. The number of para-hydroxylation sites is 1. The van der Waals surface area contributed by atoms with Gasteiger partial charge in [0.25, 0.3) is 5.91 Å². The summed E-state index contributed by atoms with van der Waals surface area (Å²) in [7, 11) is 0. The summed E-state index contributed by atoms with van der Waals surface area (Å²) in [6.45, 7) is 0. The molecule has 0 aromatic heterocycles. The minimum absolute atomic E-state index is 0.140. The average Bonchev–Trinajstić information content (AvgIpc) is 2.66. The number of carbonyl (C=O) groups is 2. The Bertz CT molecular complexity index is 814. The summed E-state index contributed by atoms with van der Waals surface area (Å²) in [6.07, 6.45) is 5.19. The second-order valence-electron chi connectivity index (χ2n) is 6.78. The normalized spacial score (nSPS) is 14.6. The van der Waals surface area contributed by atoms with Gasteiger partial charge in [0.2, 0.25) is 5.91 Å². The van der Waals surface area contributed by atoms with Gasteiger partial charge >= 0.3 is 0 Å². The molecular weight excluding hydrogens is 367 g/mol. The first-order valence-electron chi connectivity index (χ1n) is 9.17. The van der Waals surface area contributed by atoms with Crippen LogP contribution >= 0.6 is 11.6 Å². The fourth-order valence-corrected chi connectivity index (χ4v) is 3.59. The van der Waals surface area contributed by atoms with Gasteiger partial charge in [-0.3, -0.25) is 9.59 Å². The molecule has 1 fully saturated rings. The standard InChI is InChI=1S/C21H22ClFN2O2/c22-17-10-6-11-18(23)16(17)13-20(26)25-19-12-5-4-9-15(19)21(27)24-14-7-2-1-3-8-14/h4-6,9-12,14H,1-3,7-8,13H2,(H,24,27)(H,25,26). The van der Waals surface area contributed by atoms with Crippen molar-refractivity contribution in [2.75, 3.05) is 5.32 Å². The van der Waals surface area contributed by atoms with Gasteiger partial charge in [-0.05, 0) is 37.1 Å². The molecule has 27 heavy (non-hydrogen) atoms. The smallest absolute Gasteiger partial charge is 0.253 e. The van der Waals surface area contributed by atoms with Crippen molar-refractivity contribution in [3.8, 4) is 0 Å². The molecule has 0 bridgehead atoms. The molecule has 142 valence electrons. The highest BCUT2D eigenvalue weighted by atomic mass is 35.5. The summed E-state index contributed by atoms with van der Waals surface area (Å²) < 4.78 is 13.9. The van der Waals surface area contributed by atoms with E-state index in [1.165, 1.54) is 18.6 Å². The van der Waals surface area contributed by atoms with Crippen LogP contribution in [0.15, 0.2) is 42.5 Å². The number of benzene rings is 2. The number of halogens is 2. The molecule has 0 aliphatic heterocycles. The first kappa shape index (κ1) is 19.4. The maximum Gasteiger partial charge on any atom is 0.253 e. The van der Waals surface area contributed by atoms with Crippen LogP contribution in [0.2, 0.25) is 5.02 Å². The minimum atomic E-state index is -0.527. The van der Waals surface area contributed by atoms with E-state index in [0.29, 0.717) is 11.3 Å². The van der Waals surface area contributed by atoms with Gasteiger partial charge in [0.15, 0.2) is 0 Å². The lowest BCUT2D eigenvalue weighted by atomic mass is 9.95. The number of nitrogens with one attached hydrogen (secondary N) is 2. The van der Waals surface area contributed by atoms with E-state index in [1.54, 1.807) is 30.3 Å². The maximum atomic E-state index is 13.9. The number of hydrogen-bond donors (Lipinski definition) is 2. The zero-order valence-electron chi connectivity index (χ0n) is 14.9.